The molecule has 0 saturated carbocycles. The van der Waals surface area contributed by atoms with Gasteiger partial charge in [-0.05, 0) is 31.4 Å². The Morgan fingerprint density at radius 3 is 2.65 bits per heavy atom. The van der Waals surface area contributed by atoms with E-state index in [9.17, 15) is 14.9 Å². The molecule has 90 valence electrons. The zero-order valence-electron chi connectivity index (χ0n) is 9.56. The summed E-state index contributed by atoms with van der Waals surface area (Å²) in [5, 5.41) is 11.1. The number of ketones is 1. The van der Waals surface area contributed by atoms with Crippen molar-refractivity contribution in [2.45, 2.75) is 25.7 Å². The van der Waals surface area contributed by atoms with Crippen LogP contribution in [-0.2, 0) is 6.42 Å². The molecule has 0 fully saturated rings. The van der Waals surface area contributed by atoms with E-state index >= 15 is 0 Å². The zero-order valence-corrected chi connectivity index (χ0v) is 9.56. The van der Waals surface area contributed by atoms with E-state index in [1.165, 1.54) is 13.2 Å². The fourth-order valence-corrected chi connectivity index (χ4v) is 2.22. The van der Waals surface area contributed by atoms with Crippen LogP contribution in [0, 0.1) is 10.1 Å². The standard InChI is InChI=1S/C12H13NO4/c1-17-11-7-6-8-9(12(11)13(15)16)4-2-3-5-10(8)14/h6-7H,2-5H2,1H3. The number of ether oxygens (including phenoxy) is 1. The Kier molecular flexibility index (Phi) is 3.08. The molecule has 5 nitrogen and oxygen atoms in total. The van der Waals surface area contributed by atoms with E-state index in [1.54, 1.807) is 6.07 Å². The smallest absolute Gasteiger partial charge is 0.314 e. The first-order valence-electron chi connectivity index (χ1n) is 5.52. The van der Waals surface area contributed by atoms with Crippen LogP contribution in [0.3, 0.4) is 0 Å². The van der Waals surface area contributed by atoms with E-state index in [2.05, 4.69) is 0 Å². The molecule has 1 aliphatic rings. The van der Waals surface area contributed by atoms with Crippen molar-refractivity contribution in [3.05, 3.63) is 33.4 Å². The number of hydrogen-bond donors (Lipinski definition) is 0. The van der Waals surface area contributed by atoms with Crippen LogP contribution in [-0.4, -0.2) is 17.8 Å². The molecule has 0 radical (unpaired) electrons. The minimum absolute atomic E-state index is 0.0109. The first kappa shape index (κ1) is 11.6. The number of Topliss-reactive ketones (excluding diaryl/α,β-unsaturated/α-hetero) is 1. The molecular formula is C12H13NO4. The molecule has 1 aliphatic carbocycles. The van der Waals surface area contributed by atoms with Crippen LogP contribution in [0.25, 0.3) is 0 Å². The lowest BCUT2D eigenvalue weighted by Gasteiger charge is -2.08. The molecule has 1 aromatic carbocycles. The average Bonchev–Trinajstić information content (AvgIpc) is 2.50. The lowest BCUT2D eigenvalue weighted by atomic mass is 9.99. The van der Waals surface area contributed by atoms with Gasteiger partial charge in [0.05, 0.1) is 12.0 Å². The van der Waals surface area contributed by atoms with Gasteiger partial charge in [0.15, 0.2) is 11.5 Å². The molecule has 17 heavy (non-hydrogen) atoms. The highest BCUT2D eigenvalue weighted by molar-refractivity contribution is 5.99. The average molecular weight is 235 g/mol. The molecule has 0 heterocycles. The van der Waals surface area contributed by atoms with Crippen molar-refractivity contribution >= 4 is 11.5 Å². The van der Waals surface area contributed by atoms with Crippen molar-refractivity contribution in [3.63, 3.8) is 0 Å². The van der Waals surface area contributed by atoms with E-state index in [1.807, 2.05) is 0 Å². The highest BCUT2D eigenvalue weighted by Crippen LogP contribution is 2.36. The van der Waals surface area contributed by atoms with Gasteiger partial charge in [-0.2, -0.15) is 0 Å². The van der Waals surface area contributed by atoms with Crippen LogP contribution < -0.4 is 4.74 Å². The maximum absolute atomic E-state index is 11.8. The van der Waals surface area contributed by atoms with Crippen molar-refractivity contribution in [2.24, 2.45) is 0 Å². The number of fused-ring (bicyclic) bond motifs is 1. The fourth-order valence-electron chi connectivity index (χ4n) is 2.22. The lowest BCUT2D eigenvalue weighted by molar-refractivity contribution is -0.386. The summed E-state index contributed by atoms with van der Waals surface area (Å²) in [6, 6.07) is 3.13. The number of nitrogens with zero attached hydrogens (tertiary/aromatic N) is 1. The Balaban J connectivity index is 2.66. The van der Waals surface area contributed by atoms with Crippen LogP contribution in [0.15, 0.2) is 12.1 Å². The molecule has 0 amide bonds. The minimum Gasteiger partial charge on any atom is -0.490 e. The van der Waals surface area contributed by atoms with Crippen LogP contribution in [0.2, 0.25) is 0 Å². The molecule has 0 bridgehead atoms. The van der Waals surface area contributed by atoms with Gasteiger partial charge in [-0.3, -0.25) is 14.9 Å². The van der Waals surface area contributed by atoms with Crippen LogP contribution >= 0.6 is 0 Å². The van der Waals surface area contributed by atoms with Gasteiger partial charge in [0.25, 0.3) is 0 Å². The number of nitro groups is 1. The molecule has 0 saturated heterocycles. The van der Waals surface area contributed by atoms with Crippen molar-refractivity contribution < 1.29 is 14.5 Å². The van der Waals surface area contributed by atoms with E-state index < -0.39 is 4.92 Å². The van der Waals surface area contributed by atoms with E-state index in [0.717, 1.165) is 12.8 Å². The highest BCUT2D eigenvalue weighted by atomic mass is 16.6. The minimum atomic E-state index is -0.462. The second-order valence-corrected chi connectivity index (χ2v) is 4.03. The zero-order chi connectivity index (χ0) is 12.4. The van der Waals surface area contributed by atoms with E-state index in [0.29, 0.717) is 24.0 Å². The second kappa shape index (κ2) is 4.53. The number of carbonyl (C=O) groups is 1. The normalized spacial score (nSPS) is 15.0. The number of rotatable bonds is 2. The van der Waals surface area contributed by atoms with Crippen LogP contribution in [0.4, 0.5) is 5.69 Å². The molecule has 0 spiro atoms. The van der Waals surface area contributed by atoms with Crippen molar-refractivity contribution in [2.75, 3.05) is 7.11 Å². The molecule has 1 aromatic rings. The largest absolute Gasteiger partial charge is 0.490 e. The van der Waals surface area contributed by atoms with Gasteiger partial charge < -0.3 is 4.74 Å². The van der Waals surface area contributed by atoms with Gasteiger partial charge >= 0.3 is 5.69 Å². The first-order valence-corrected chi connectivity index (χ1v) is 5.52. The number of benzene rings is 1. The number of carbonyl (C=O) groups excluding carboxylic acids is 1. The molecule has 0 aromatic heterocycles. The van der Waals surface area contributed by atoms with Gasteiger partial charge in [-0.25, -0.2) is 0 Å². The number of nitro benzene ring substituents is 1. The maximum atomic E-state index is 11.8. The number of hydrogen-bond acceptors (Lipinski definition) is 4. The summed E-state index contributed by atoms with van der Waals surface area (Å²) in [6.45, 7) is 0. The summed E-state index contributed by atoms with van der Waals surface area (Å²) in [5.74, 6) is 0.215. The fraction of sp³-hybridized carbons (Fsp3) is 0.417. The second-order valence-electron chi connectivity index (χ2n) is 4.03. The first-order chi connectivity index (χ1) is 8.15. The molecule has 0 atom stereocenters. The summed E-state index contributed by atoms with van der Waals surface area (Å²) in [4.78, 5) is 22.4. The third-order valence-corrected chi connectivity index (χ3v) is 3.03. The summed E-state index contributed by atoms with van der Waals surface area (Å²) >= 11 is 0. The van der Waals surface area contributed by atoms with Gasteiger partial charge in [0.1, 0.15) is 0 Å². The van der Waals surface area contributed by atoms with Crippen LogP contribution in [0.5, 0.6) is 5.75 Å². The Labute approximate surface area is 98.5 Å². The van der Waals surface area contributed by atoms with Gasteiger partial charge in [0, 0.05) is 17.5 Å². The van der Waals surface area contributed by atoms with Crippen LogP contribution in [0.1, 0.15) is 35.2 Å². The lowest BCUT2D eigenvalue weighted by Crippen LogP contribution is -2.05. The Bertz CT molecular complexity index is 482. The quantitative estimate of drug-likeness (QED) is 0.448. The summed E-state index contributed by atoms with van der Waals surface area (Å²) in [6.07, 6.45) is 2.62. The summed E-state index contributed by atoms with van der Waals surface area (Å²) in [5.41, 5.74) is 0.951. The third-order valence-electron chi connectivity index (χ3n) is 3.03. The van der Waals surface area contributed by atoms with Gasteiger partial charge in [-0.15, -0.1) is 0 Å². The van der Waals surface area contributed by atoms with Crippen molar-refractivity contribution in [1.82, 2.24) is 0 Å². The molecular weight excluding hydrogens is 222 g/mol. The Morgan fingerprint density at radius 1 is 1.29 bits per heavy atom. The van der Waals surface area contributed by atoms with E-state index in [-0.39, 0.29) is 17.2 Å². The predicted octanol–water partition coefficient (Wildman–Crippen LogP) is 2.51. The Morgan fingerprint density at radius 2 is 2.00 bits per heavy atom. The molecule has 0 aliphatic heterocycles. The predicted molar refractivity (Wildman–Crippen MR) is 61.5 cm³/mol. The van der Waals surface area contributed by atoms with E-state index in [4.69, 9.17) is 4.74 Å². The Hall–Kier alpha value is -1.91. The van der Waals surface area contributed by atoms with Gasteiger partial charge in [0.2, 0.25) is 0 Å². The summed E-state index contributed by atoms with van der Waals surface area (Å²) < 4.78 is 5.00. The maximum Gasteiger partial charge on any atom is 0.314 e. The molecule has 0 unspecified atom stereocenters. The third kappa shape index (κ3) is 2.00. The van der Waals surface area contributed by atoms with Crippen molar-refractivity contribution in [3.8, 4) is 5.75 Å². The molecule has 0 N–H and O–H groups in total. The monoisotopic (exact) mass is 235 g/mol. The molecule has 2 rings (SSSR count). The number of methoxy groups -OCH3 is 1. The topological polar surface area (TPSA) is 69.4 Å². The van der Waals surface area contributed by atoms with Crippen molar-refractivity contribution in [1.29, 1.82) is 0 Å². The summed E-state index contributed by atoms with van der Waals surface area (Å²) in [7, 11) is 1.40. The molecule has 5 heteroatoms. The SMILES string of the molecule is COc1ccc2c(c1[N+](=O)[O-])CCCCC2=O. The highest BCUT2D eigenvalue weighted by Gasteiger charge is 2.27. The van der Waals surface area contributed by atoms with Gasteiger partial charge in [-0.1, -0.05) is 0 Å².